The summed E-state index contributed by atoms with van der Waals surface area (Å²) in [5.74, 6) is 0. The molecule has 19 heavy (non-hydrogen) atoms. The van der Waals surface area contributed by atoms with Crippen LogP contribution in [0.25, 0.3) is 0 Å². The summed E-state index contributed by atoms with van der Waals surface area (Å²) in [5, 5.41) is 3.64. The molecule has 1 aliphatic heterocycles. The van der Waals surface area contributed by atoms with E-state index in [2.05, 4.69) is 41.2 Å². The number of hydrogen-bond acceptors (Lipinski definition) is 3. The summed E-state index contributed by atoms with van der Waals surface area (Å²) in [6.45, 7) is 9.93. The second-order valence-electron chi connectivity index (χ2n) is 5.98. The Morgan fingerprint density at radius 1 is 1.37 bits per heavy atom. The number of piperidine rings is 1. The molecule has 1 atom stereocenters. The molecule has 0 amide bonds. The van der Waals surface area contributed by atoms with Crippen molar-refractivity contribution in [2.24, 2.45) is 0 Å². The lowest BCUT2D eigenvalue weighted by atomic mass is 10.0. The Morgan fingerprint density at radius 3 is 2.79 bits per heavy atom. The number of nitrogens with zero attached hydrogens (tertiary/aromatic N) is 2. The third kappa shape index (κ3) is 4.59. The van der Waals surface area contributed by atoms with Gasteiger partial charge in [-0.15, -0.1) is 0 Å². The molecule has 106 valence electrons. The highest BCUT2D eigenvalue weighted by Crippen LogP contribution is 2.13. The lowest BCUT2D eigenvalue weighted by molar-refractivity contribution is 0.177. The maximum Gasteiger partial charge on any atom is 0.0372 e. The Hall–Kier alpha value is -0.930. The van der Waals surface area contributed by atoms with Crippen molar-refractivity contribution in [3.05, 3.63) is 29.6 Å². The molecule has 1 aromatic heterocycles. The van der Waals surface area contributed by atoms with Crippen molar-refractivity contribution in [3.8, 4) is 0 Å². The second-order valence-corrected chi connectivity index (χ2v) is 5.98. The monoisotopic (exact) mass is 261 g/mol. The van der Waals surface area contributed by atoms with Crippen LogP contribution < -0.4 is 5.32 Å². The van der Waals surface area contributed by atoms with Crippen molar-refractivity contribution in [1.29, 1.82) is 0 Å². The minimum Gasteiger partial charge on any atom is -0.313 e. The number of pyridine rings is 1. The van der Waals surface area contributed by atoms with Gasteiger partial charge in [0.1, 0.15) is 0 Å². The molecule has 0 aliphatic carbocycles. The summed E-state index contributed by atoms with van der Waals surface area (Å²) in [6, 6.07) is 5.54. The minimum atomic E-state index is 0.574. The first-order valence-corrected chi connectivity index (χ1v) is 7.54. The van der Waals surface area contributed by atoms with E-state index in [4.69, 9.17) is 0 Å². The summed E-state index contributed by atoms with van der Waals surface area (Å²) in [7, 11) is 0. The summed E-state index contributed by atoms with van der Waals surface area (Å²) in [6.07, 6.45) is 6.03. The second kappa shape index (κ2) is 7.01. The van der Waals surface area contributed by atoms with Gasteiger partial charge in [0.25, 0.3) is 0 Å². The molecule has 0 aromatic carbocycles. The molecule has 3 nitrogen and oxygen atoms in total. The van der Waals surface area contributed by atoms with Gasteiger partial charge in [-0.2, -0.15) is 0 Å². The Kier molecular flexibility index (Phi) is 5.34. The van der Waals surface area contributed by atoms with E-state index in [1.807, 2.05) is 13.1 Å². The number of nitrogens with one attached hydrogen (secondary N) is 1. The van der Waals surface area contributed by atoms with Gasteiger partial charge >= 0.3 is 0 Å². The first-order valence-electron chi connectivity index (χ1n) is 7.54. The molecular formula is C16H27N3. The van der Waals surface area contributed by atoms with Crippen LogP contribution in [0.4, 0.5) is 0 Å². The molecule has 1 saturated heterocycles. The average molecular weight is 261 g/mol. The van der Waals surface area contributed by atoms with E-state index in [0.717, 1.165) is 18.8 Å². The van der Waals surface area contributed by atoms with Crippen LogP contribution in [0.2, 0.25) is 0 Å². The van der Waals surface area contributed by atoms with Crippen molar-refractivity contribution < 1.29 is 0 Å². The molecule has 3 heteroatoms. The third-order valence-corrected chi connectivity index (χ3v) is 3.96. The van der Waals surface area contributed by atoms with E-state index in [1.54, 1.807) is 0 Å². The summed E-state index contributed by atoms with van der Waals surface area (Å²) in [4.78, 5) is 6.95. The van der Waals surface area contributed by atoms with Crippen molar-refractivity contribution >= 4 is 0 Å². The molecular weight excluding hydrogens is 234 g/mol. The molecule has 1 aromatic rings. The predicted molar refractivity (Wildman–Crippen MR) is 80.2 cm³/mol. The Morgan fingerprint density at radius 2 is 2.21 bits per heavy atom. The fraction of sp³-hybridized carbons (Fsp3) is 0.688. The van der Waals surface area contributed by atoms with E-state index in [9.17, 15) is 0 Å². The van der Waals surface area contributed by atoms with Crippen LogP contribution in [0.5, 0.6) is 0 Å². The highest BCUT2D eigenvalue weighted by atomic mass is 15.2. The number of hydrogen-bond donors (Lipinski definition) is 1. The predicted octanol–water partition coefficient (Wildman–Crippen LogP) is 2.74. The largest absolute Gasteiger partial charge is 0.313 e. The van der Waals surface area contributed by atoms with E-state index in [0.29, 0.717) is 12.1 Å². The molecule has 0 radical (unpaired) electrons. The lowest BCUT2D eigenvalue weighted by Crippen LogP contribution is -2.45. The standard InChI is InChI=1S/C16H27N3/c1-13(2)19(12-16-6-4-5-9-17-16)11-15-8-7-14(3)18-10-15/h7-8,10,13,16-17H,4-6,9,11-12H2,1-3H3. The van der Waals surface area contributed by atoms with E-state index in [-0.39, 0.29) is 0 Å². The first-order chi connectivity index (χ1) is 9.15. The molecule has 1 unspecified atom stereocenters. The Balaban J connectivity index is 1.93. The maximum absolute atomic E-state index is 4.40. The van der Waals surface area contributed by atoms with Gasteiger partial charge in [-0.1, -0.05) is 12.5 Å². The van der Waals surface area contributed by atoms with Gasteiger partial charge in [0, 0.05) is 37.1 Å². The van der Waals surface area contributed by atoms with Gasteiger partial charge in [-0.25, -0.2) is 0 Å². The number of aryl methyl sites for hydroxylation is 1. The van der Waals surface area contributed by atoms with Gasteiger partial charge in [-0.3, -0.25) is 9.88 Å². The fourth-order valence-corrected chi connectivity index (χ4v) is 2.65. The van der Waals surface area contributed by atoms with E-state index >= 15 is 0 Å². The van der Waals surface area contributed by atoms with Crippen molar-refractivity contribution in [1.82, 2.24) is 15.2 Å². The smallest absolute Gasteiger partial charge is 0.0372 e. The summed E-state index contributed by atoms with van der Waals surface area (Å²) < 4.78 is 0. The first kappa shape index (κ1) is 14.5. The lowest BCUT2D eigenvalue weighted by Gasteiger charge is -2.33. The molecule has 1 fully saturated rings. The van der Waals surface area contributed by atoms with Crippen LogP contribution in [-0.2, 0) is 6.54 Å². The van der Waals surface area contributed by atoms with Crippen LogP contribution in [-0.4, -0.2) is 35.1 Å². The quantitative estimate of drug-likeness (QED) is 0.883. The van der Waals surface area contributed by atoms with Crippen LogP contribution in [0.15, 0.2) is 18.3 Å². The van der Waals surface area contributed by atoms with Gasteiger partial charge in [0.15, 0.2) is 0 Å². The zero-order valence-corrected chi connectivity index (χ0v) is 12.5. The molecule has 1 N–H and O–H groups in total. The van der Waals surface area contributed by atoms with Crippen LogP contribution in [0.1, 0.15) is 44.4 Å². The van der Waals surface area contributed by atoms with Gasteiger partial charge in [0.05, 0.1) is 0 Å². The third-order valence-electron chi connectivity index (χ3n) is 3.96. The van der Waals surface area contributed by atoms with Gasteiger partial charge in [-0.05, 0) is 51.8 Å². The van der Waals surface area contributed by atoms with Crippen molar-refractivity contribution in [2.75, 3.05) is 13.1 Å². The van der Waals surface area contributed by atoms with Crippen molar-refractivity contribution in [2.45, 2.75) is 58.7 Å². The minimum absolute atomic E-state index is 0.574. The van der Waals surface area contributed by atoms with Crippen LogP contribution in [0, 0.1) is 6.92 Å². The highest BCUT2D eigenvalue weighted by molar-refractivity contribution is 5.13. The molecule has 0 spiro atoms. The van der Waals surface area contributed by atoms with E-state index < -0.39 is 0 Å². The highest BCUT2D eigenvalue weighted by Gasteiger charge is 2.18. The van der Waals surface area contributed by atoms with E-state index in [1.165, 1.54) is 31.4 Å². The maximum atomic E-state index is 4.40. The normalized spacial score (nSPS) is 20.2. The van der Waals surface area contributed by atoms with Gasteiger partial charge in [0.2, 0.25) is 0 Å². The Labute approximate surface area is 117 Å². The topological polar surface area (TPSA) is 28.2 Å². The fourth-order valence-electron chi connectivity index (χ4n) is 2.65. The number of rotatable bonds is 5. The zero-order chi connectivity index (χ0) is 13.7. The van der Waals surface area contributed by atoms with Gasteiger partial charge < -0.3 is 5.32 Å². The SMILES string of the molecule is Cc1ccc(CN(CC2CCCCN2)C(C)C)cn1. The summed E-state index contributed by atoms with van der Waals surface area (Å²) >= 11 is 0. The molecule has 0 saturated carbocycles. The van der Waals surface area contributed by atoms with Crippen LogP contribution >= 0.6 is 0 Å². The van der Waals surface area contributed by atoms with Crippen molar-refractivity contribution in [3.63, 3.8) is 0 Å². The zero-order valence-electron chi connectivity index (χ0n) is 12.5. The molecule has 1 aliphatic rings. The molecule has 2 heterocycles. The molecule has 0 bridgehead atoms. The number of aromatic nitrogens is 1. The average Bonchev–Trinajstić information content (AvgIpc) is 2.41. The van der Waals surface area contributed by atoms with Crippen LogP contribution in [0.3, 0.4) is 0 Å². The summed E-state index contributed by atoms with van der Waals surface area (Å²) in [5.41, 5.74) is 2.41. The molecule has 2 rings (SSSR count). The Bertz CT molecular complexity index is 366.